The molecule has 1 amide bonds. The van der Waals surface area contributed by atoms with Crippen molar-refractivity contribution in [3.63, 3.8) is 0 Å². The molecule has 0 aromatic carbocycles. The summed E-state index contributed by atoms with van der Waals surface area (Å²) in [5.74, 6) is -1.04. The van der Waals surface area contributed by atoms with Crippen molar-refractivity contribution in [2.24, 2.45) is 0 Å². The van der Waals surface area contributed by atoms with E-state index in [1.807, 2.05) is 0 Å². The van der Waals surface area contributed by atoms with E-state index < -0.39 is 98.8 Å². The number of aromatic amines is 1. The molecular formula is C25H29F2N9O12P2S2. The third-order valence-electron chi connectivity index (χ3n) is 8.18. The summed E-state index contributed by atoms with van der Waals surface area (Å²) in [7, 11) is 1.68. The molecule has 27 heteroatoms. The minimum atomic E-state index is -4.53. The number of aromatic nitrogens is 7. The fourth-order valence-electron chi connectivity index (χ4n) is 5.83. The minimum Gasteiger partial charge on any atom is -0.448 e. The molecule has 52 heavy (non-hydrogen) atoms. The highest BCUT2D eigenvalue weighted by Crippen LogP contribution is 2.60. The van der Waals surface area contributed by atoms with Crippen LogP contribution in [0.4, 0.5) is 19.4 Å². The van der Waals surface area contributed by atoms with Crippen LogP contribution in [0.1, 0.15) is 12.5 Å². The fourth-order valence-corrected chi connectivity index (χ4v) is 8.77. The maximum atomic E-state index is 16.3. The first kappa shape index (κ1) is 37.3. The Kier molecular flexibility index (Phi) is 10.5. The van der Waals surface area contributed by atoms with Crippen LogP contribution < -0.4 is 16.2 Å². The number of likely N-dealkylation sites (N-methyl/N-ethyl adjacent to an activating group) is 1. The molecule has 282 valence electrons. The third kappa shape index (κ3) is 7.24. The van der Waals surface area contributed by atoms with E-state index in [2.05, 4.69) is 60.1 Å². The van der Waals surface area contributed by atoms with Gasteiger partial charge in [0.25, 0.3) is 5.56 Å². The van der Waals surface area contributed by atoms with Crippen molar-refractivity contribution in [2.75, 3.05) is 38.7 Å². The molecule has 3 fully saturated rings. The van der Waals surface area contributed by atoms with Gasteiger partial charge in [0, 0.05) is 12.7 Å². The number of rotatable bonds is 6. The largest absolute Gasteiger partial charge is 0.448 e. The van der Waals surface area contributed by atoms with Crippen molar-refractivity contribution in [3.05, 3.63) is 41.3 Å². The van der Waals surface area contributed by atoms with Crippen molar-refractivity contribution < 1.29 is 60.1 Å². The van der Waals surface area contributed by atoms with Gasteiger partial charge in [0.1, 0.15) is 48.8 Å². The highest BCUT2D eigenvalue weighted by Gasteiger charge is 2.54. The van der Waals surface area contributed by atoms with Gasteiger partial charge >= 0.3 is 19.7 Å². The van der Waals surface area contributed by atoms with Gasteiger partial charge in [-0.2, -0.15) is 0 Å². The number of hydrogen-bond donors (Lipinski definition) is 6. The zero-order valence-electron chi connectivity index (χ0n) is 26.4. The number of halogens is 2. The van der Waals surface area contributed by atoms with Gasteiger partial charge < -0.3 is 34.2 Å². The summed E-state index contributed by atoms with van der Waals surface area (Å²) >= 11 is 8.02. The molecule has 0 spiro atoms. The fraction of sp³-hybridized carbons (Fsp3) is 0.520. The Morgan fingerprint density at radius 1 is 1.06 bits per heavy atom. The molecule has 4 aromatic heterocycles. The van der Waals surface area contributed by atoms with Gasteiger partial charge in [-0.05, 0) is 7.05 Å². The monoisotopic (exact) mass is 811 g/mol. The number of fused-ring (bicyclic) bond motifs is 5. The molecule has 2 bridgehead atoms. The van der Waals surface area contributed by atoms with Gasteiger partial charge in [-0.3, -0.25) is 32.8 Å². The maximum Gasteiger partial charge on any atom is 0.412 e. The standard InChI is InChI=1S/C25H29F2N9O12P2S2/c1-28-2-3-42-25(39)34-19-15-21(31-7-29-19)36(9-33-15)23-14(27)17-12(46-23)6-44-50(41,52)48-18-16(37)11(5-43-49(40,51)47-17)45-24(18)35-4-10(26)13-20(35)30-8-32-22(13)38/h4,7-9,11-12,14,16-18,23-24,28,37H,2-3,5-6H2,1H3,(H,40,51)(H,41,52)(H,30,32,38)(H,29,31,34,39)/t11?,12?,14-,16-,17-,18-,23-,24-,49-,50-/m1/s1. The predicted molar refractivity (Wildman–Crippen MR) is 178 cm³/mol. The molecule has 3 aliphatic heterocycles. The molecule has 4 N–H and O–H groups in total. The second kappa shape index (κ2) is 14.6. The Balaban J connectivity index is 1.15. The van der Waals surface area contributed by atoms with Gasteiger partial charge in [-0.15, -0.1) is 0 Å². The Hall–Kier alpha value is -3.06. The summed E-state index contributed by atoms with van der Waals surface area (Å²) in [5.41, 5.74) is -0.964. The molecule has 0 radical (unpaired) electrons. The second-order valence-electron chi connectivity index (χ2n) is 11.5. The lowest BCUT2D eigenvalue weighted by Crippen LogP contribution is -2.35. The van der Waals surface area contributed by atoms with Crippen LogP contribution in [0.5, 0.6) is 0 Å². The molecule has 3 saturated heterocycles. The number of anilines is 1. The summed E-state index contributed by atoms with van der Waals surface area (Å²) in [6, 6.07) is 0. The maximum absolute atomic E-state index is 16.3. The molecule has 10 atom stereocenters. The number of carbonyl (C=O) groups excluding carboxylic acids is 1. The number of aliphatic hydroxyl groups is 1. The van der Waals surface area contributed by atoms with Crippen molar-refractivity contribution >= 4 is 72.2 Å². The van der Waals surface area contributed by atoms with Crippen molar-refractivity contribution in [3.8, 4) is 0 Å². The van der Waals surface area contributed by atoms with Crippen LogP contribution in [-0.4, -0.2) is 115 Å². The number of hydrogen-bond acceptors (Lipinski definition) is 17. The highest BCUT2D eigenvalue weighted by molar-refractivity contribution is 8.44. The Bertz CT molecular complexity index is 2150. The Morgan fingerprint density at radius 2 is 1.77 bits per heavy atom. The number of carbonyl (C=O) groups is 1. The third-order valence-corrected chi connectivity index (χ3v) is 11.4. The Labute approximate surface area is 300 Å². The zero-order chi connectivity index (χ0) is 36.9. The van der Waals surface area contributed by atoms with Crippen LogP contribution in [0.25, 0.3) is 22.2 Å². The number of nitrogens with one attached hydrogen (secondary N) is 3. The molecule has 2 unspecified atom stereocenters. The predicted octanol–water partition coefficient (Wildman–Crippen LogP) is 1.86. The quantitative estimate of drug-likeness (QED) is 0.0923. The summed E-state index contributed by atoms with van der Waals surface area (Å²) in [6.07, 6.45) is -9.89. The number of nitrogens with zero attached hydrogens (tertiary/aromatic N) is 6. The SMILES string of the molecule is CNCCOC(=O)Nc1ncnc2c1ncn2[C@@H]1OC2CO[P@@](=O)(S)O[C@@H]3[C@H](O)C(CO[P@@](=O)(S)O[C@H]2[C@H]1F)O[C@H]3n1cc(F)c2c(=O)[nH]cnc21. The summed E-state index contributed by atoms with van der Waals surface area (Å²) in [4.78, 5) is 43.1. The normalized spacial score (nSPS) is 34.0. The van der Waals surface area contributed by atoms with Gasteiger partial charge in [-0.1, -0.05) is 24.5 Å². The molecular weight excluding hydrogens is 782 g/mol. The van der Waals surface area contributed by atoms with Crippen molar-refractivity contribution in [1.82, 2.24) is 39.4 Å². The highest BCUT2D eigenvalue weighted by atomic mass is 32.7. The van der Waals surface area contributed by atoms with Gasteiger partial charge in [0.15, 0.2) is 47.1 Å². The van der Waals surface area contributed by atoms with E-state index in [4.69, 9.17) is 32.3 Å². The lowest BCUT2D eigenvalue weighted by atomic mass is 10.1. The minimum absolute atomic E-state index is 0.00982. The van der Waals surface area contributed by atoms with Crippen LogP contribution in [0, 0.1) is 5.82 Å². The van der Waals surface area contributed by atoms with Gasteiger partial charge in [0.05, 0.1) is 25.9 Å². The number of thiol groups is 2. The summed E-state index contributed by atoms with van der Waals surface area (Å²) < 4.78 is 99.2. The van der Waals surface area contributed by atoms with Crippen molar-refractivity contribution in [2.45, 2.75) is 49.1 Å². The van der Waals surface area contributed by atoms with E-state index in [-0.39, 0.29) is 29.2 Å². The number of H-pyrrole nitrogens is 1. The molecule has 21 nitrogen and oxygen atoms in total. The first-order chi connectivity index (χ1) is 24.8. The van der Waals surface area contributed by atoms with E-state index >= 15 is 4.39 Å². The number of ether oxygens (including phenoxy) is 3. The van der Waals surface area contributed by atoms with E-state index in [0.717, 1.165) is 34.3 Å². The van der Waals surface area contributed by atoms with E-state index in [1.54, 1.807) is 7.05 Å². The van der Waals surface area contributed by atoms with E-state index in [9.17, 15) is 28.2 Å². The smallest absolute Gasteiger partial charge is 0.412 e. The van der Waals surface area contributed by atoms with Crippen LogP contribution in [0.2, 0.25) is 0 Å². The summed E-state index contributed by atoms with van der Waals surface area (Å²) in [5, 5.41) is 16.0. The van der Waals surface area contributed by atoms with Crippen LogP contribution >= 0.6 is 38.1 Å². The first-order valence-electron chi connectivity index (χ1n) is 15.2. The summed E-state index contributed by atoms with van der Waals surface area (Å²) in [6.45, 7) is -10.0. The topological polar surface area (TPSA) is 254 Å². The molecule has 0 aliphatic carbocycles. The lowest BCUT2D eigenvalue weighted by Gasteiger charge is -2.26. The molecule has 7 rings (SSSR count). The average molecular weight is 812 g/mol. The van der Waals surface area contributed by atoms with E-state index in [0.29, 0.717) is 6.54 Å². The number of aliphatic hydroxyl groups excluding tert-OH is 1. The molecule has 0 saturated carbocycles. The van der Waals surface area contributed by atoms with Crippen molar-refractivity contribution in [1.29, 1.82) is 0 Å². The first-order valence-corrected chi connectivity index (χ1v) is 20.6. The van der Waals surface area contributed by atoms with E-state index in [1.165, 1.54) is 0 Å². The number of alkyl halides is 1. The number of imidazole rings is 1. The van der Waals surface area contributed by atoms with Crippen LogP contribution in [0.15, 0.2) is 30.0 Å². The van der Waals surface area contributed by atoms with Crippen LogP contribution in [0.3, 0.4) is 0 Å². The zero-order valence-corrected chi connectivity index (χ0v) is 30.0. The average Bonchev–Trinajstić information content (AvgIpc) is 3.83. The number of amides is 1. The van der Waals surface area contributed by atoms with Gasteiger partial charge in [0.2, 0.25) is 0 Å². The second-order valence-corrected chi connectivity index (χ2v) is 17.2. The van der Waals surface area contributed by atoms with Crippen LogP contribution in [-0.2, 0) is 41.4 Å². The lowest BCUT2D eigenvalue weighted by molar-refractivity contribution is -0.0568. The molecule has 4 aromatic rings. The Morgan fingerprint density at radius 3 is 2.52 bits per heavy atom. The molecule has 7 heterocycles. The molecule has 3 aliphatic rings. The van der Waals surface area contributed by atoms with Gasteiger partial charge in [-0.25, -0.2) is 42.6 Å².